The number of alkyl halides is 3. The smallest absolute Gasteiger partial charge is 0.411 e. The van der Waals surface area contributed by atoms with E-state index in [2.05, 4.69) is 22.3 Å². The van der Waals surface area contributed by atoms with Gasteiger partial charge in [-0.2, -0.15) is 13.2 Å². The average Bonchev–Trinajstić information content (AvgIpc) is 2.86. The van der Waals surface area contributed by atoms with Crippen molar-refractivity contribution >= 4 is 17.3 Å². The van der Waals surface area contributed by atoms with Gasteiger partial charge in [0.1, 0.15) is 0 Å². The number of amides is 1. The van der Waals surface area contributed by atoms with Gasteiger partial charge in [-0.1, -0.05) is 42.4 Å². The van der Waals surface area contributed by atoms with E-state index in [1.807, 2.05) is 42.5 Å². The highest BCUT2D eigenvalue weighted by molar-refractivity contribution is 5.99. The maximum absolute atomic E-state index is 12.8. The Bertz CT molecular complexity index is 1030. The highest BCUT2D eigenvalue weighted by Gasteiger charge is 2.42. The third-order valence-electron chi connectivity index (χ3n) is 6.39. The molecule has 0 aliphatic carbocycles. The van der Waals surface area contributed by atoms with Gasteiger partial charge in [-0.15, -0.1) is 0 Å². The van der Waals surface area contributed by atoms with Crippen molar-refractivity contribution in [2.45, 2.75) is 50.9 Å². The summed E-state index contributed by atoms with van der Waals surface area (Å²) in [6, 6.07) is 13.2. The molecule has 5 nitrogen and oxygen atoms in total. The molecular formula is C23H24F3N3O2. The third kappa shape index (κ3) is 3.86. The van der Waals surface area contributed by atoms with Gasteiger partial charge in [-0.3, -0.25) is 4.79 Å². The molecule has 2 aliphatic heterocycles. The topological polar surface area (TPSA) is 64.9 Å². The Labute approximate surface area is 178 Å². The number of hydrogen-bond donors (Lipinski definition) is 2. The largest absolute Gasteiger partial charge is 0.471 e. The molecule has 31 heavy (non-hydrogen) atoms. The second-order valence-corrected chi connectivity index (χ2v) is 8.21. The molecule has 2 N–H and O–H groups in total. The highest BCUT2D eigenvalue weighted by Crippen LogP contribution is 2.46. The van der Waals surface area contributed by atoms with Gasteiger partial charge in [0.05, 0.1) is 11.8 Å². The normalized spacial score (nSPS) is 23.3. The fourth-order valence-corrected chi connectivity index (χ4v) is 4.77. The molecule has 2 aromatic rings. The van der Waals surface area contributed by atoms with Crippen molar-refractivity contribution in [2.24, 2.45) is 5.16 Å². The van der Waals surface area contributed by atoms with Crippen LogP contribution in [0, 0.1) is 0 Å². The number of rotatable bonds is 2. The number of fused-ring (bicyclic) bond motifs is 5. The molecule has 0 saturated carbocycles. The first kappa shape index (κ1) is 21.2. The van der Waals surface area contributed by atoms with Crippen LogP contribution in [0.1, 0.15) is 60.9 Å². The number of oxime groups is 1. The summed E-state index contributed by atoms with van der Waals surface area (Å²) in [5.74, 6) is -1.84. The predicted octanol–water partition coefficient (Wildman–Crippen LogP) is 4.74. The molecular weight excluding hydrogens is 407 g/mol. The molecule has 0 bridgehead atoms. The molecule has 164 valence electrons. The Balaban J connectivity index is 1.76. The van der Waals surface area contributed by atoms with Crippen LogP contribution in [0.25, 0.3) is 0 Å². The van der Waals surface area contributed by atoms with Crippen molar-refractivity contribution in [1.29, 1.82) is 0 Å². The zero-order valence-electron chi connectivity index (χ0n) is 17.3. The number of nitrogens with zero attached hydrogens (tertiary/aromatic N) is 2. The minimum atomic E-state index is -4.89. The second kappa shape index (κ2) is 7.90. The van der Waals surface area contributed by atoms with Crippen LogP contribution < -0.4 is 10.2 Å². The van der Waals surface area contributed by atoms with Crippen LogP contribution in [0.15, 0.2) is 47.6 Å². The summed E-state index contributed by atoms with van der Waals surface area (Å²) in [6.45, 7) is 4.36. The van der Waals surface area contributed by atoms with E-state index in [1.54, 1.807) is 6.92 Å². The fraction of sp³-hybridized carbons (Fsp3) is 0.391. The molecule has 2 aliphatic rings. The SMILES string of the molecule is C/C(=N\O)c1ccc2c(c1)[C@H](C)c1ccccc1[C@H]1C[C@H](NC(=O)C(F)(F)F)CCN21. The number of hydrogen-bond acceptors (Lipinski definition) is 4. The molecule has 4 rings (SSSR count). The van der Waals surface area contributed by atoms with Gasteiger partial charge in [-0.05, 0) is 54.2 Å². The molecule has 1 saturated heterocycles. The first-order valence-corrected chi connectivity index (χ1v) is 10.3. The van der Waals surface area contributed by atoms with Crippen LogP contribution in [0.5, 0.6) is 0 Å². The van der Waals surface area contributed by atoms with Crippen molar-refractivity contribution in [3.05, 3.63) is 64.7 Å². The summed E-state index contributed by atoms with van der Waals surface area (Å²) in [7, 11) is 0. The van der Waals surface area contributed by atoms with Crippen LogP contribution in [0.2, 0.25) is 0 Å². The van der Waals surface area contributed by atoms with Gasteiger partial charge in [0.15, 0.2) is 0 Å². The van der Waals surface area contributed by atoms with Gasteiger partial charge in [0.2, 0.25) is 0 Å². The van der Waals surface area contributed by atoms with Crippen LogP contribution in [0.3, 0.4) is 0 Å². The number of halogens is 3. The Hall–Kier alpha value is -3.03. The molecule has 1 amide bonds. The second-order valence-electron chi connectivity index (χ2n) is 8.21. The molecule has 2 heterocycles. The summed E-state index contributed by atoms with van der Waals surface area (Å²) in [5, 5.41) is 14.7. The van der Waals surface area contributed by atoms with E-state index in [1.165, 1.54) is 0 Å². The lowest BCUT2D eigenvalue weighted by Gasteiger charge is -2.41. The maximum Gasteiger partial charge on any atom is 0.471 e. The van der Waals surface area contributed by atoms with E-state index in [0.717, 1.165) is 27.9 Å². The summed E-state index contributed by atoms with van der Waals surface area (Å²) in [4.78, 5) is 13.7. The van der Waals surface area contributed by atoms with Crippen molar-refractivity contribution in [3.8, 4) is 0 Å². The summed E-state index contributed by atoms with van der Waals surface area (Å²) in [6.07, 6.45) is -4.07. The number of carbonyl (C=O) groups excluding carboxylic acids is 1. The standard InChI is InChI=1S/C23H24F3N3O2/c1-13-17-5-3-4-6-18(17)21-12-16(27-22(30)23(24,25)26)9-10-29(21)20-8-7-15(11-19(13)20)14(2)28-31/h3-8,11,13,16,21,31H,9-10,12H2,1-2H3,(H,27,30)/b28-14+/t13-,16-,21-/m1/s1. The van der Waals surface area contributed by atoms with Gasteiger partial charge < -0.3 is 15.4 Å². The Kier molecular flexibility index (Phi) is 5.41. The number of anilines is 1. The molecule has 2 aromatic carbocycles. The molecule has 0 spiro atoms. The lowest BCUT2D eigenvalue weighted by molar-refractivity contribution is -0.174. The summed E-state index contributed by atoms with van der Waals surface area (Å²) >= 11 is 0. The molecule has 0 radical (unpaired) electrons. The minimum absolute atomic E-state index is 0.0476. The van der Waals surface area contributed by atoms with E-state index in [4.69, 9.17) is 0 Å². The maximum atomic E-state index is 12.8. The van der Waals surface area contributed by atoms with E-state index >= 15 is 0 Å². The Morgan fingerprint density at radius 3 is 2.55 bits per heavy atom. The number of nitrogens with one attached hydrogen (secondary N) is 1. The molecule has 1 fully saturated rings. The van der Waals surface area contributed by atoms with Gasteiger partial charge in [-0.25, -0.2) is 0 Å². The monoisotopic (exact) mass is 431 g/mol. The first-order chi connectivity index (χ1) is 14.7. The van der Waals surface area contributed by atoms with Crippen LogP contribution >= 0.6 is 0 Å². The van der Waals surface area contributed by atoms with Crippen molar-refractivity contribution in [3.63, 3.8) is 0 Å². The Morgan fingerprint density at radius 2 is 1.87 bits per heavy atom. The molecule has 3 atom stereocenters. The molecule has 8 heteroatoms. The van der Waals surface area contributed by atoms with E-state index in [0.29, 0.717) is 25.1 Å². The average molecular weight is 431 g/mol. The summed E-state index contributed by atoms with van der Waals surface area (Å²) < 4.78 is 38.3. The van der Waals surface area contributed by atoms with Crippen LogP contribution in [-0.4, -0.2) is 35.6 Å². The Morgan fingerprint density at radius 1 is 1.16 bits per heavy atom. The highest BCUT2D eigenvalue weighted by atomic mass is 19.4. The quantitative estimate of drug-likeness (QED) is 0.410. The van der Waals surface area contributed by atoms with Gasteiger partial charge in [0, 0.05) is 24.2 Å². The number of benzene rings is 2. The van der Waals surface area contributed by atoms with E-state index in [9.17, 15) is 23.2 Å². The lowest BCUT2D eigenvalue weighted by atomic mass is 9.86. The number of carbonyl (C=O) groups is 1. The van der Waals surface area contributed by atoms with Crippen molar-refractivity contribution in [1.82, 2.24) is 5.32 Å². The zero-order chi connectivity index (χ0) is 22.3. The molecule has 0 unspecified atom stereocenters. The third-order valence-corrected chi connectivity index (χ3v) is 6.39. The number of piperidine rings is 1. The van der Waals surface area contributed by atoms with Gasteiger partial charge >= 0.3 is 12.1 Å². The van der Waals surface area contributed by atoms with E-state index in [-0.39, 0.29) is 12.0 Å². The fourth-order valence-electron chi connectivity index (χ4n) is 4.77. The van der Waals surface area contributed by atoms with Crippen molar-refractivity contribution < 1.29 is 23.2 Å². The minimum Gasteiger partial charge on any atom is -0.411 e. The first-order valence-electron chi connectivity index (χ1n) is 10.3. The zero-order valence-corrected chi connectivity index (χ0v) is 17.3. The predicted molar refractivity (Wildman–Crippen MR) is 112 cm³/mol. The molecule has 0 aromatic heterocycles. The van der Waals surface area contributed by atoms with Crippen molar-refractivity contribution in [2.75, 3.05) is 11.4 Å². The van der Waals surface area contributed by atoms with Crippen LogP contribution in [0.4, 0.5) is 18.9 Å². The van der Waals surface area contributed by atoms with Gasteiger partial charge in [0.25, 0.3) is 0 Å². The van der Waals surface area contributed by atoms with E-state index < -0.39 is 18.1 Å². The summed E-state index contributed by atoms with van der Waals surface area (Å²) in [5.41, 5.74) is 5.59. The lowest BCUT2D eigenvalue weighted by Crippen LogP contribution is -2.49. The van der Waals surface area contributed by atoms with Crippen LogP contribution in [-0.2, 0) is 4.79 Å².